The molecule has 26 heavy (non-hydrogen) atoms. The topological polar surface area (TPSA) is 87.4 Å². The predicted molar refractivity (Wildman–Crippen MR) is 101 cm³/mol. The van der Waals surface area contributed by atoms with Crippen LogP contribution in [0.1, 0.15) is 43.8 Å². The molecule has 1 aromatic heterocycles. The van der Waals surface area contributed by atoms with Gasteiger partial charge in [-0.1, -0.05) is 12.8 Å². The number of guanidine groups is 1. The zero-order valence-corrected chi connectivity index (χ0v) is 16.4. The molecule has 1 saturated carbocycles. The number of rotatable bonds is 4. The summed E-state index contributed by atoms with van der Waals surface area (Å²) in [7, 11) is 5.46. The molecule has 3 rings (SSSR count). The van der Waals surface area contributed by atoms with Gasteiger partial charge in [-0.15, -0.1) is 0 Å². The van der Waals surface area contributed by atoms with Gasteiger partial charge in [0.1, 0.15) is 11.6 Å². The summed E-state index contributed by atoms with van der Waals surface area (Å²) < 4.78 is 1.98. The third-order valence-corrected chi connectivity index (χ3v) is 5.54. The van der Waals surface area contributed by atoms with E-state index in [1.54, 1.807) is 11.9 Å². The Morgan fingerprint density at radius 1 is 1.38 bits per heavy atom. The Balaban J connectivity index is 1.59. The van der Waals surface area contributed by atoms with Crippen molar-refractivity contribution in [2.24, 2.45) is 10.4 Å². The summed E-state index contributed by atoms with van der Waals surface area (Å²) in [5.74, 6) is 2.87. The molecule has 1 amide bonds. The summed E-state index contributed by atoms with van der Waals surface area (Å²) in [5.41, 5.74) is -0.302. The zero-order chi connectivity index (χ0) is 18.7. The summed E-state index contributed by atoms with van der Waals surface area (Å²) in [6.45, 7) is 3.35. The van der Waals surface area contributed by atoms with Crippen molar-refractivity contribution in [2.75, 3.05) is 27.7 Å². The molecule has 8 nitrogen and oxygen atoms in total. The fourth-order valence-corrected chi connectivity index (χ4v) is 4.18. The molecule has 144 valence electrons. The maximum absolute atomic E-state index is 12.7. The second-order valence-corrected chi connectivity index (χ2v) is 7.75. The van der Waals surface area contributed by atoms with Gasteiger partial charge in [0.05, 0.1) is 12.0 Å². The number of carbonyl (C=O) groups excluding carboxylic acids is 1. The van der Waals surface area contributed by atoms with E-state index in [-0.39, 0.29) is 17.4 Å². The Labute approximate surface area is 155 Å². The van der Waals surface area contributed by atoms with Crippen LogP contribution in [0.3, 0.4) is 0 Å². The number of carbonyl (C=O) groups is 1. The van der Waals surface area contributed by atoms with E-state index in [0.717, 1.165) is 62.7 Å². The van der Waals surface area contributed by atoms with Gasteiger partial charge in [-0.05, 0) is 26.2 Å². The lowest BCUT2D eigenvalue weighted by atomic mass is 9.84. The highest BCUT2D eigenvalue weighted by atomic mass is 16.2. The zero-order valence-electron chi connectivity index (χ0n) is 16.4. The van der Waals surface area contributed by atoms with Gasteiger partial charge in [0.2, 0.25) is 5.91 Å². The third-order valence-electron chi connectivity index (χ3n) is 5.54. The average molecular weight is 361 g/mol. The summed E-state index contributed by atoms with van der Waals surface area (Å²) in [5, 5.41) is 11.4. The molecular formula is C18H31N7O. The van der Waals surface area contributed by atoms with Gasteiger partial charge in [0, 0.05) is 40.2 Å². The highest BCUT2D eigenvalue weighted by Crippen LogP contribution is 2.38. The van der Waals surface area contributed by atoms with E-state index in [1.165, 1.54) is 0 Å². The van der Waals surface area contributed by atoms with Gasteiger partial charge in [0.15, 0.2) is 5.96 Å². The molecule has 1 unspecified atom stereocenters. The van der Waals surface area contributed by atoms with Crippen LogP contribution in [-0.4, -0.2) is 65.3 Å². The van der Waals surface area contributed by atoms with Crippen LogP contribution in [0.2, 0.25) is 0 Å². The first-order valence-electron chi connectivity index (χ1n) is 9.53. The number of aromatic nitrogens is 3. The first kappa shape index (κ1) is 18.7. The van der Waals surface area contributed by atoms with Gasteiger partial charge in [0.25, 0.3) is 0 Å². The molecule has 2 heterocycles. The molecule has 1 fully saturated rings. The minimum absolute atomic E-state index is 0.221. The molecule has 0 radical (unpaired) electrons. The van der Waals surface area contributed by atoms with Crippen molar-refractivity contribution < 1.29 is 4.79 Å². The van der Waals surface area contributed by atoms with Crippen molar-refractivity contribution >= 4 is 11.9 Å². The lowest BCUT2D eigenvalue weighted by Gasteiger charge is -2.32. The molecule has 2 N–H and O–H groups in total. The Morgan fingerprint density at radius 3 is 2.77 bits per heavy atom. The Hall–Kier alpha value is -2.12. The largest absolute Gasteiger partial charge is 0.355 e. The fourth-order valence-electron chi connectivity index (χ4n) is 4.18. The Bertz CT molecular complexity index is 673. The summed E-state index contributed by atoms with van der Waals surface area (Å²) >= 11 is 0. The van der Waals surface area contributed by atoms with Crippen molar-refractivity contribution in [3.05, 3.63) is 11.6 Å². The molecule has 1 aliphatic carbocycles. The van der Waals surface area contributed by atoms with Crippen molar-refractivity contribution in [3.8, 4) is 0 Å². The van der Waals surface area contributed by atoms with Crippen LogP contribution in [0.25, 0.3) is 0 Å². The Morgan fingerprint density at radius 2 is 2.12 bits per heavy atom. The third kappa shape index (κ3) is 3.83. The standard InChI is InChI=1S/C18H31N7O/c1-13-21-15-8-7-14(11-25(15)23-13)22-17(19-2)20-12-18(9-5-6-10-18)16(26)24(3)4/h14H,5-12H2,1-4H3,(H2,19,20,22). The maximum Gasteiger partial charge on any atom is 0.230 e. The van der Waals surface area contributed by atoms with Crippen molar-refractivity contribution in [2.45, 2.75) is 58.0 Å². The van der Waals surface area contributed by atoms with Crippen LogP contribution in [0, 0.1) is 12.3 Å². The number of nitrogens with zero attached hydrogens (tertiary/aromatic N) is 5. The Kier molecular flexibility index (Phi) is 5.48. The quantitative estimate of drug-likeness (QED) is 0.609. The fraction of sp³-hybridized carbons (Fsp3) is 0.778. The molecule has 2 aliphatic rings. The van der Waals surface area contributed by atoms with E-state index >= 15 is 0 Å². The minimum atomic E-state index is -0.302. The molecule has 1 aromatic rings. The summed E-state index contributed by atoms with van der Waals surface area (Å²) in [6, 6.07) is 0.263. The van der Waals surface area contributed by atoms with Crippen molar-refractivity contribution in [1.82, 2.24) is 30.3 Å². The monoisotopic (exact) mass is 361 g/mol. The van der Waals surface area contributed by atoms with E-state index < -0.39 is 0 Å². The number of nitrogens with one attached hydrogen (secondary N) is 2. The van der Waals surface area contributed by atoms with Gasteiger partial charge < -0.3 is 15.5 Å². The first-order chi connectivity index (χ1) is 12.4. The van der Waals surface area contributed by atoms with E-state index in [4.69, 9.17) is 0 Å². The van der Waals surface area contributed by atoms with Gasteiger partial charge in [-0.25, -0.2) is 9.67 Å². The highest BCUT2D eigenvalue weighted by molar-refractivity contribution is 5.85. The molecule has 0 aromatic carbocycles. The summed E-state index contributed by atoms with van der Waals surface area (Å²) in [6.07, 6.45) is 6.03. The second-order valence-electron chi connectivity index (χ2n) is 7.75. The van der Waals surface area contributed by atoms with Crippen LogP contribution in [0.4, 0.5) is 0 Å². The summed E-state index contributed by atoms with van der Waals surface area (Å²) in [4.78, 5) is 23.2. The van der Waals surface area contributed by atoms with Crippen LogP contribution in [0.5, 0.6) is 0 Å². The lowest BCUT2D eigenvalue weighted by molar-refractivity contribution is -0.138. The van der Waals surface area contributed by atoms with Gasteiger partial charge >= 0.3 is 0 Å². The van der Waals surface area contributed by atoms with Crippen LogP contribution in [0.15, 0.2) is 4.99 Å². The maximum atomic E-state index is 12.7. The minimum Gasteiger partial charge on any atom is -0.355 e. The normalized spacial score (nSPS) is 22.0. The average Bonchev–Trinajstić information content (AvgIpc) is 3.23. The van der Waals surface area contributed by atoms with Gasteiger partial charge in [-0.2, -0.15) is 5.10 Å². The molecular weight excluding hydrogens is 330 g/mol. The molecule has 0 saturated heterocycles. The van der Waals surface area contributed by atoms with Crippen LogP contribution < -0.4 is 10.6 Å². The van der Waals surface area contributed by atoms with E-state index in [9.17, 15) is 4.79 Å². The number of fused-ring (bicyclic) bond motifs is 1. The number of aryl methyl sites for hydroxylation is 2. The number of hydrogen-bond acceptors (Lipinski definition) is 4. The van der Waals surface area contributed by atoms with Crippen molar-refractivity contribution in [3.63, 3.8) is 0 Å². The highest BCUT2D eigenvalue weighted by Gasteiger charge is 2.42. The number of amides is 1. The lowest BCUT2D eigenvalue weighted by Crippen LogP contribution is -2.52. The molecule has 8 heteroatoms. The second kappa shape index (κ2) is 7.63. The van der Waals surface area contributed by atoms with E-state index in [1.807, 2.05) is 25.7 Å². The smallest absolute Gasteiger partial charge is 0.230 e. The van der Waals surface area contributed by atoms with Gasteiger partial charge in [-0.3, -0.25) is 9.79 Å². The number of hydrogen-bond donors (Lipinski definition) is 2. The first-order valence-corrected chi connectivity index (χ1v) is 9.53. The number of aliphatic imine (C=N–C) groups is 1. The molecule has 1 atom stereocenters. The van der Waals surface area contributed by atoms with Crippen LogP contribution in [-0.2, 0) is 17.8 Å². The SMILES string of the molecule is CN=C(NCC1(C(=O)N(C)C)CCCC1)NC1CCc2nc(C)nn2C1. The molecule has 0 bridgehead atoms. The molecule has 0 spiro atoms. The predicted octanol–water partition coefficient (Wildman–Crippen LogP) is 0.715. The van der Waals surface area contributed by atoms with Crippen LogP contribution >= 0.6 is 0 Å². The van der Waals surface area contributed by atoms with Crippen molar-refractivity contribution in [1.29, 1.82) is 0 Å². The molecule has 1 aliphatic heterocycles. The van der Waals surface area contributed by atoms with E-state index in [0.29, 0.717) is 6.54 Å². The van der Waals surface area contributed by atoms with E-state index in [2.05, 4.69) is 25.7 Å².